The van der Waals surface area contributed by atoms with Gasteiger partial charge in [-0.1, -0.05) is 27.7 Å². The minimum absolute atomic E-state index is 0.208. The number of hydrogen-bond acceptors (Lipinski definition) is 2. The second kappa shape index (κ2) is 5.43. The fraction of sp³-hybridized carbons (Fsp3) is 0.938. The van der Waals surface area contributed by atoms with Crippen molar-refractivity contribution < 1.29 is 4.79 Å². The summed E-state index contributed by atoms with van der Waals surface area (Å²) in [6, 6.07) is 0. The standard InChI is InChI=1S/C16H30N2O/c1-12(2)9-15(3,4)11-18-14(19)13-10-16(13)5-7-17-8-6-16/h12-13,17H,5-11H2,1-4H3,(H,18,19). The van der Waals surface area contributed by atoms with E-state index >= 15 is 0 Å². The highest BCUT2D eigenvalue weighted by Gasteiger charge is 2.57. The van der Waals surface area contributed by atoms with Gasteiger partial charge in [0, 0.05) is 12.5 Å². The first-order valence-corrected chi connectivity index (χ1v) is 7.83. The van der Waals surface area contributed by atoms with Gasteiger partial charge in [-0.3, -0.25) is 4.79 Å². The van der Waals surface area contributed by atoms with Gasteiger partial charge in [0.25, 0.3) is 0 Å². The minimum Gasteiger partial charge on any atom is -0.355 e. The lowest BCUT2D eigenvalue weighted by atomic mass is 9.84. The smallest absolute Gasteiger partial charge is 0.223 e. The van der Waals surface area contributed by atoms with Crippen LogP contribution in [0, 0.1) is 22.7 Å². The molecule has 1 saturated carbocycles. The number of piperidine rings is 1. The average Bonchev–Trinajstić information content (AvgIpc) is 2.99. The predicted molar refractivity (Wildman–Crippen MR) is 78.9 cm³/mol. The van der Waals surface area contributed by atoms with Crippen LogP contribution in [0.2, 0.25) is 0 Å². The van der Waals surface area contributed by atoms with E-state index in [-0.39, 0.29) is 5.41 Å². The van der Waals surface area contributed by atoms with E-state index in [1.54, 1.807) is 0 Å². The topological polar surface area (TPSA) is 41.1 Å². The Labute approximate surface area is 117 Å². The van der Waals surface area contributed by atoms with Crippen LogP contribution in [0.5, 0.6) is 0 Å². The normalized spacial score (nSPS) is 25.6. The van der Waals surface area contributed by atoms with Gasteiger partial charge in [-0.2, -0.15) is 0 Å². The second-order valence-electron chi connectivity index (χ2n) is 7.85. The maximum atomic E-state index is 12.3. The molecule has 2 rings (SSSR count). The van der Waals surface area contributed by atoms with E-state index in [0.717, 1.165) is 32.5 Å². The number of carbonyl (C=O) groups excluding carboxylic acids is 1. The van der Waals surface area contributed by atoms with Gasteiger partial charge < -0.3 is 10.6 Å². The van der Waals surface area contributed by atoms with Gasteiger partial charge in [-0.15, -0.1) is 0 Å². The number of carbonyl (C=O) groups is 1. The van der Waals surface area contributed by atoms with Crippen LogP contribution >= 0.6 is 0 Å². The Morgan fingerprint density at radius 2 is 2.00 bits per heavy atom. The summed E-state index contributed by atoms with van der Waals surface area (Å²) < 4.78 is 0. The number of hydrogen-bond donors (Lipinski definition) is 2. The van der Waals surface area contributed by atoms with Crippen LogP contribution in [-0.4, -0.2) is 25.5 Å². The summed E-state index contributed by atoms with van der Waals surface area (Å²) in [7, 11) is 0. The van der Waals surface area contributed by atoms with Gasteiger partial charge in [0.15, 0.2) is 0 Å². The molecule has 0 bridgehead atoms. The van der Waals surface area contributed by atoms with Crippen molar-refractivity contribution in [3.05, 3.63) is 0 Å². The van der Waals surface area contributed by atoms with Gasteiger partial charge >= 0.3 is 0 Å². The van der Waals surface area contributed by atoms with E-state index in [1.165, 1.54) is 12.8 Å². The van der Waals surface area contributed by atoms with Gasteiger partial charge in [-0.25, -0.2) is 0 Å². The first kappa shape index (κ1) is 14.8. The van der Waals surface area contributed by atoms with Gasteiger partial charge in [-0.05, 0) is 55.5 Å². The van der Waals surface area contributed by atoms with Crippen molar-refractivity contribution in [2.45, 2.75) is 53.4 Å². The maximum absolute atomic E-state index is 12.3. The first-order chi connectivity index (χ1) is 8.85. The lowest BCUT2D eigenvalue weighted by molar-refractivity contribution is -0.123. The molecule has 1 spiro atoms. The zero-order valence-corrected chi connectivity index (χ0v) is 13.0. The minimum atomic E-state index is 0.208. The molecule has 110 valence electrons. The number of rotatable bonds is 5. The van der Waals surface area contributed by atoms with Crippen LogP contribution < -0.4 is 10.6 Å². The van der Waals surface area contributed by atoms with E-state index in [2.05, 4.69) is 38.3 Å². The monoisotopic (exact) mass is 266 g/mol. The molecule has 0 radical (unpaired) electrons. The summed E-state index contributed by atoms with van der Waals surface area (Å²) in [5.74, 6) is 1.28. The first-order valence-electron chi connectivity index (χ1n) is 7.83. The van der Waals surface area contributed by atoms with Crippen LogP contribution in [0.4, 0.5) is 0 Å². The largest absolute Gasteiger partial charge is 0.355 e. The number of amides is 1. The van der Waals surface area contributed by atoms with Crippen LogP contribution in [0.15, 0.2) is 0 Å². The van der Waals surface area contributed by atoms with E-state index in [4.69, 9.17) is 0 Å². The molecule has 1 aliphatic carbocycles. The van der Waals surface area contributed by atoms with Crippen LogP contribution in [0.1, 0.15) is 53.4 Å². The Morgan fingerprint density at radius 3 is 2.58 bits per heavy atom. The molecule has 1 heterocycles. The molecule has 2 N–H and O–H groups in total. The summed E-state index contributed by atoms with van der Waals surface area (Å²) >= 11 is 0. The van der Waals surface area contributed by atoms with Crippen molar-refractivity contribution in [3.63, 3.8) is 0 Å². The van der Waals surface area contributed by atoms with Crippen molar-refractivity contribution >= 4 is 5.91 Å². The van der Waals surface area contributed by atoms with Gasteiger partial charge in [0.1, 0.15) is 0 Å². The molecule has 3 nitrogen and oxygen atoms in total. The zero-order chi connectivity index (χ0) is 14.1. The highest BCUT2D eigenvalue weighted by atomic mass is 16.2. The Kier molecular flexibility index (Phi) is 4.24. The maximum Gasteiger partial charge on any atom is 0.223 e. The lowest BCUT2D eigenvalue weighted by Gasteiger charge is -2.28. The summed E-state index contributed by atoms with van der Waals surface area (Å²) in [5, 5.41) is 6.59. The molecule has 2 fully saturated rings. The molecule has 19 heavy (non-hydrogen) atoms. The SMILES string of the molecule is CC(C)CC(C)(C)CNC(=O)C1CC12CCNCC2. The second-order valence-corrected chi connectivity index (χ2v) is 7.85. The van der Waals surface area contributed by atoms with Crippen molar-refractivity contribution in [2.24, 2.45) is 22.7 Å². The highest BCUT2D eigenvalue weighted by molar-refractivity contribution is 5.82. The molecule has 3 heteroatoms. The molecule has 1 saturated heterocycles. The fourth-order valence-electron chi connectivity index (χ4n) is 3.82. The number of nitrogens with one attached hydrogen (secondary N) is 2. The molecule has 0 aromatic rings. The third-order valence-corrected chi connectivity index (χ3v) is 4.81. The Morgan fingerprint density at radius 1 is 1.37 bits per heavy atom. The Hall–Kier alpha value is -0.570. The van der Waals surface area contributed by atoms with Crippen LogP contribution in [-0.2, 0) is 4.79 Å². The van der Waals surface area contributed by atoms with Gasteiger partial charge in [0.05, 0.1) is 0 Å². The molecule has 0 aromatic carbocycles. The molecule has 2 aliphatic rings. The quantitative estimate of drug-likeness (QED) is 0.803. The van der Waals surface area contributed by atoms with Crippen molar-refractivity contribution in [1.29, 1.82) is 0 Å². The average molecular weight is 266 g/mol. The van der Waals surface area contributed by atoms with Crippen molar-refractivity contribution in [1.82, 2.24) is 10.6 Å². The van der Waals surface area contributed by atoms with E-state index in [0.29, 0.717) is 23.2 Å². The predicted octanol–water partition coefficient (Wildman–Crippen LogP) is 2.56. The molecular formula is C16H30N2O. The fourth-order valence-corrected chi connectivity index (χ4v) is 3.82. The van der Waals surface area contributed by atoms with E-state index in [9.17, 15) is 4.79 Å². The molecule has 0 aromatic heterocycles. The van der Waals surface area contributed by atoms with Crippen LogP contribution in [0.25, 0.3) is 0 Å². The van der Waals surface area contributed by atoms with E-state index < -0.39 is 0 Å². The lowest BCUT2D eigenvalue weighted by Crippen LogP contribution is -2.38. The molecule has 1 atom stereocenters. The third-order valence-electron chi connectivity index (χ3n) is 4.81. The van der Waals surface area contributed by atoms with E-state index in [1.807, 2.05) is 0 Å². The summed E-state index contributed by atoms with van der Waals surface area (Å²) in [6.07, 6.45) is 4.64. The molecule has 1 amide bonds. The van der Waals surface area contributed by atoms with Crippen molar-refractivity contribution in [3.8, 4) is 0 Å². The zero-order valence-electron chi connectivity index (χ0n) is 13.0. The summed E-state index contributed by atoms with van der Waals surface area (Å²) in [6.45, 7) is 12.0. The summed E-state index contributed by atoms with van der Waals surface area (Å²) in [5.41, 5.74) is 0.567. The van der Waals surface area contributed by atoms with Gasteiger partial charge in [0.2, 0.25) is 5.91 Å². The molecular weight excluding hydrogens is 236 g/mol. The Bertz CT molecular complexity index is 330. The highest BCUT2D eigenvalue weighted by Crippen LogP contribution is 2.58. The molecule has 1 unspecified atom stereocenters. The third kappa shape index (κ3) is 3.71. The van der Waals surface area contributed by atoms with Crippen LogP contribution in [0.3, 0.4) is 0 Å². The molecule has 1 aliphatic heterocycles. The Balaban J connectivity index is 1.77. The van der Waals surface area contributed by atoms with Crippen molar-refractivity contribution in [2.75, 3.05) is 19.6 Å². The summed E-state index contributed by atoms with van der Waals surface area (Å²) in [4.78, 5) is 12.3.